The molecule has 1 saturated heterocycles. The number of aliphatic imine (C=N–C) groups is 1. The lowest BCUT2D eigenvalue weighted by Gasteiger charge is -2.31. The minimum Gasteiger partial charge on any atom is -0.492 e. The number of nitrogens with one attached hydrogen (secondary N) is 2. The van der Waals surface area contributed by atoms with Gasteiger partial charge < -0.3 is 20.1 Å². The van der Waals surface area contributed by atoms with E-state index in [0.717, 1.165) is 56.8 Å². The molecule has 1 aliphatic carbocycles. The fourth-order valence-corrected chi connectivity index (χ4v) is 4.44. The Kier molecular flexibility index (Phi) is 12.7. The van der Waals surface area contributed by atoms with Crippen molar-refractivity contribution in [1.29, 1.82) is 0 Å². The zero-order valence-electron chi connectivity index (χ0n) is 20.1. The smallest absolute Gasteiger partial charge is 0.191 e. The summed E-state index contributed by atoms with van der Waals surface area (Å²) in [6.45, 7) is 9.38. The SMILES string of the molecule is CCNC(=NCc1cccc(OCCN(C)C2CCOCC2)c1)NC1CCC(C)CC1.I. The molecule has 0 radical (unpaired) electrons. The van der Waals surface area contributed by atoms with Gasteiger partial charge in [-0.3, -0.25) is 4.90 Å². The fraction of sp³-hybridized carbons (Fsp3) is 0.720. The summed E-state index contributed by atoms with van der Waals surface area (Å²) in [6, 6.07) is 9.48. The van der Waals surface area contributed by atoms with Crippen LogP contribution in [0.5, 0.6) is 5.75 Å². The number of halogens is 1. The maximum absolute atomic E-state index is 6.04. The van der Waals surface area contributed by atoms with Crippen LogP contribution in [-0.4, -0.2) is 62.9 Å². The molecule has 1 aliphatic heterocycles. The van der Waals surface area contributed by atoms with Crippen molar-refractivity contribution in [1.82, 2.24) is 15.5 Å². The van der Waals surface area contributed by atoms with Gasteiger partial charge in [-0.15, -0.1) is 24.0 Å². The highest BCUT2D eigenvalue weighted by Crippen LogP contribution is 2.23. The second kappa shape index (κ2) is 15.0. The largest absolute Gasteiger partial charge is 0.492 e. The van der Waals surface area contributed by atoms with Crippen molar-refractivity contribution in [3.05, 3.63) is 29.8 Å². The van der Waals surface area contributed by atoms with Crippen LogP contribution >= 0.6 is 24.0 Å². The topological polar surface area (TPSA) is 58.1 Å². The number of hydrogen-bond donors (Lipinski definition) is 2. The van der Waals surface area contributed by atoms with E-state index in [-0.39, 0.29) is 24.0 Å². The first-order valence-electron chi connectivity index (χ1n) is 12.2. The Bertz CT molecular complexity index is 674. The van der Waals surface area contributed by atoms with Gasteiger partial charge in [0.15, 0.2) is 5.96 Å². The number of likely N-dealkylation sites (N-methyl/N-ethyl adjacent to an activating group) is 1. The standard InChI is InChI=1S/C25H42N4O2.HI/c1-4-26-25(28-22-10-8-20(2)9-11-22)27-19-21-6-5-7-24(18-21)31-17-14-29(3)23-12-15-30-16-13-23;/h5-7,18,20,22-23H,4,8-17,19H2,1-3H3,(H2,26,27,28);1H. The van der Waals surface area contributed by atoms with Gasteiger partial charge in [-0.1, -0.05) is 19.1 Å². The highest BCUT2D eigenvalue weighted by molar-refractivity contribution is 14.0. The Morgan fingerprint density at radius 2 is 1.91 bits per heavy atom. The highest BCUT2D eigenvalue weighted by atomic mass is 127. The zero-order chi connectivity index (χ0) is 21.9. The van der Waals surface area contributed by atoms with Crippen molar-refractivity contribution in [3.63, 3.8) is 0 Å². The van der Waals surface area contributed by atoms with Crippen LogP contribution in [0.4, 0.5) is 0 Å². The van der Waals surface area contributed by atoms with Crippen LogP contribution in [0.2, 0.25) is 0 Å². The van der Waals surface area contributed by atoms with Gasteiger partial charge in [-0.05, 0) is 76.1 Å². The van der Waals surface area contributed by atoms with Crippen molar-refractivity contribution in [2.75, 3.05) is 40.0 Å². The minimum atomic E-state index is 0. The Morgan fingerprint density at radius 3 is 2.62 bits per heavy atom. The van der Waals surface area contributed by atoms with Gasteiger partial charge in [0.25, 0.3) is 0 Å². The van der Waals surface area contributed by atoms with Gasteiger partial charge in [0, 0.05) is 38.4 Å². The normalized spacial score (nSPS) is 22.3. The van der Waals surface area contributed by atoms with Crippen LogP contribution in [0.1, 0.15) is 57.9 Å². The Hall–Kier alpha value is -1.06. The van der Waals surface area contributed by atoms with Gasteiger partial charge in [0.05, 0.1) is 6.54 Å². The Labute approximate surface area is 211 Å². The maximum Gasteiger partial charge on any atom is 0.191 e. The molecule has 2 N–H and O–H groups in total. The lowest BCUT2D eigenvalue weighted by atomic mass is 9.87. The van der Waals surface area contributed by atoms with E-state index in [1.807, 2.05) is 6.07 Å². The molecule has 6 nitrogen and oxygen atoms in total. The molecule has 3 rings (SSSR count). The van der Waals surface area contributed by atoms with E-state index in [0.29, 0.717) is 25.2 Å². The van der Waals surface area contributed by atoms with Gasteiger partial charge in [-0.25, -0.2) is 4.99 Å². The third-order valence-corrected chi connectivity index (χ3v) is 6.55. The molecule has 2 fully saturated rings. The average Bonchev–Trinajstić information content (AvgIpc) is 2.80. The average molecular weight is 559 g/mol. The molecule has 1 aromatic rings. The molecule has 0 spiro atoms. The molecule has 182 valence electrons. The van der Waals surface area contributed by atoms with Crippen LogP contribution in [0, 0.1) is 5.92 Å². The fourth-order valence-electron chi connectivity index (χ4n) is 4.44. The summed E-state index contributed by atoms with van der Waals surface area (Å²) in [7, 11) is 2.19. The third-order valence-electron chi connectivity index (χ3n) is 6.55. The molecule has 2 aliphatic rings. The Morgan fingerprint density at radius 1 is 1.16 bits per heavy atom. The first-order valence-corrected chi connectivity index (χ1v) is 12.2. The summed E-state index contributed by atoms with van der Waals surface area (Å²) in [5, 5.41) is 7.03. The molecule has 1 heterocycles. The molecule has 1 saturated carbocycles. The number of hydrogen-bond acceptors (Lipinski definition) is 4. The van der Waals surface area contributed by atoms with Gasteiger partial charge in [0.1, 0.15) is 12.4 Å². The van der Waals surface area contributed by atoms with Crippen LogP contribution in [0.25, 0.3) is 0 Å². The predicted molar refractivity (Wildman–Crippen MR) is 143 cm³/mol. The lowest BCUT2D eigenvalue weighted by Crippen LogP contribution is -2.44. The summed E-state index contributed by atoms with van der Waals surface area (Å²) in [5.41, 5.74) is 1.17. The third kappa shape index (κ3) is 9.43. The molecular formula is C25H43IN4O2. The van der Waals surface area contributed by atoms with Crippen molar-refractivity contribution in [2.24, 2.45) is 10.9 Å². The van der Waals surface area contributed by atoms with Crippen LogP contribution in [0.3, 0.4) is 0 Å². The number of ether oxygens (including phenoxy) is 2. The molecule has 0 atom stereocenters. The van der Waals surface area contributed by atoms with E-state index in [4.69, 9.17) is 14.5 Å². The molecule has 0 bridgehead atoms. The second-order valence-electron chi connectivity index (χ2n) is 9.12. The van der Waals surface area contributed by atoms with E-state index in [1.165, 1.54) is 31.2 Å². The first-order chi connectivity index (χ1) is 15.1. The number of guanidine groups is 1. The molecule has 7 heteroatoms. The van der Waals surface area contributed by atoms with Crippen molar-refractivity contribution in [3.8, 4) is 5.75 Å². The van der Waals surface area contributed by atoms with E-state index >= 15 is 0 Å². The summed E-state index contributed by atoms with van der Waals surface area (Å²) in [4.78, 5) is 7.23. The van der Waals surface area contributed by atoms with E-state index < -0.39 is 0 Å². The van der Waals surface area contributed by atoms with E-state index in [9.17, 15) is 0 Å². The van der Waals surface area contributed by atoms with Gasteiger partial charge in [0.2, 0.25) is 0 Å². The summed E-state index contributed by atoms with van der Waals surface area (Å²) < 4.78 is 11.5. The summed E-state index contributed by atoms with van der Waals surface area (Å²) >= 11 is 0. The van der Waals surface area contributed by atoms with Crippen LogP contribution < -0.4 is 15.4 Å². The van der Waals surface area contributed by atoms with Crippen LogP contribution in [0.15, 0.2) is 29.3 Å². The summed E-state index contributed by atoms with van der Waals surface area (Å²) in [6.07, 6.45) is 7.31. The monoisotopic (exact) mass is 558 g/mol. The minimum absolute atomic E-state index is 0. The van der Waals surface area contributed by atoms with Crippen LogP contribution in [-0.2, 0) is 11.3 Å². The number of benzene rings is 1. The maximum atomic E-state index is 6.04. The van der Waals surface area contributed by atoms with Crippen molar-refractivity contribution in [2.45, 2.75) is 71.0 Å². The highest BCUT2D eigenvalue weighted by Gasteiger charge is 2.19. The van der Waals surface area contributed by atoms with E-state index in [1.54, 1.807) is 0 Å². The second-order valence-corrected chi connectivity index (χ2v) is 9.12. The Balaban J connectivity index is 0.00000363. The summed E-state index contributed by atoms with van der Waals surface area (Å²) in [5.74, 6) is 2.70. The van der Waals surface area contributed by atoms with E-state index in [2.05, 4.69) is 54.6 Å². The first kappa shape index (κ1) is 27.2. The predicted octanol–water partition coefficient (Wildman–Crippen LogP) is 4.43. The quantitative estimate of drug-likeness (QED) is 0.267. The molecule has 0 unspecified atom stereocenters. The molecule has 32 heavy (non-hydrogen) atoms. The van der Waals surface area contributed by atoms with Crippen molar-refractivity contribution < 1.29 is 9.47 Å². The van der Waals surface area contributed by atoms with Crippen molar-refractivity contribution >= 4 is 29.9 Å². The molecular weight excluding hydrogens is 515 g/mol. The van der Waals surface area contributed by atoms with Gasteiger partial charge >= 0.3 is 0 Å². The zero-order valence-corrected chi connectivity index (χ0v) is 22.5. The number of rotatable bonds is 9. The molecule has 0 aromatic heterocycles. The number of nitrogens with zero attached hydrogens (tertiary/aromatic N) is 2. The molecule has 1 aromatic carbocycles. The molecule has 0 amide bonds. The van der Waals surface area contributed by atoms with Gasteiger partial charge in [-0.2, -0.15) is 0 Å². The lowest BCUT2D eigenvalue weighted by molar-refractivity contribution is 0.0392.